The number of hydrogen-bond donors (Lipinski definition) is 1. The molecule has 2 nitrogen and oxygen atoms in total. The number of aliphatic hydroxyl groups excluding tert-OH is 1. The molecular formula is C13H15NOS. The van der Waals surface area contributed by atoms with Gasteiger partial charge in [0, 0.05) is 0 Å². The molecule has 1 aromatic heterocycles. The molecular weight excluding hydrogens is 218 g/mol. The first-order valence-electron chi connectivity index (χ1n) is 5.25. The normalized spacial score (nSPS) is 12.8. The lowest BCUT2D eigenvalue weighted by Gasteiger charge is -2.14. The van der Waals surface area contributed by atoms with Gasteiger partial charge in [-0.2, -0.15) is 0 Å². The number of hydrogen-bond acceptors (Lipinski definition) is 3. The molecule has 1 aromatic carbocycles. The summed E-state index contributed by atoms with van der Waals surface area (Å²) in [4.78, 5) is 5.11. The van der Waals surface area contributed by atoms with Gasteiger partial charge in [-0.3, -0.25) is 0 Å². The van der Waals surface area contributed by atoms with E-state index in [0.29, 0.717) is 0 Å². The fourth-order valence-corrected chi connectivity index (χ4v) is 2.59. The number of thiazole rings is 1. The van der Waals surface area contributed by atoms with Gasteiger partial charge in [0.2, 0.25) is 0 Å². The Bertz CT molecular complexity index is 504. The predicted octanol–water partition coefficient (Wildman–Crippen LogP) is 3.15. The molecule has 16 heavy (non-hydrogen) atoms. The van der Waals surface area contributed by atoms with E-state index in [2.05, 4.69) is 18.0 Å². The van der Waals surface area contributed by atoms with Crippen molar-refractivity contribution in [1.82, 2.24) is 4.98 Å². The Kier molecular flexibility index (Phi) is 3.08. The van der Waals surface area contributed by atoms with Crippen molar-refractivity contribution in [1.29, 1.82) is 0 Å². The molecule has 0 fully saturated rings. The number of benzene rings is 1. The van der Waals surface area contributed by atoms with Crippen LogP contribution in [-0.4, -0.2) is 10.1 Å². The molecule has 0 aliphatic rings. The van der Waals surface area contributed by atoms with Crippen molar-refractivity contribution in [3.8, 4) is 0 Å². The van der Waals surface area contributed by atoms with Crippen molar-refractivity contribution in [2.24, 2.45) is 0 Å². The van der Waals surface area contributed by atoms with Crippen LogP contribution in [0.2, 0.25) is 0 Å². The predicted molar refractivity (Wildman–Crippen MR) is 66.8 cm³/mol. The van der Waals surface area contributed by atoms with Gasteiger partial charge in [-0.05, 0) is 37.5 Å². The highest BCUT2D eigenvalue weighted by atomic mass is 32.1. The SMILES string of the molecule is Cc1cccc(C(O)c2scnc2C)c1C. The number of rotatable bonds is 2. The zero-order chi connectivity index (χ0) is 11.7. The van der Waals surface area contributed by atoms with Gasteiger partial charge in [0.1, 0.15) is 6.10 Å². The second-order valence-electron chi connectivity index (χ2n) is 3.99. The first kappa shape index (κ1) is 11.3. The summed E-state index contributed by atoms with van der Waals surface area (Å²) in [7, 11) is 0. The van der Waals surface area contributed by atoms with Gasteiger partial charge in [0.05, 0.1) is 16.1 Å². The van der Waals surface area contributed by atoms with Crippen LogP contribution in [0.3, 0.4) is 0 Å². The fourth-order valence-electron chi connectivity index (χ4n) is 1.78. The van der Waals surface area contributed by atoms with E-state index in [4.69, 9.17) is 0 Å². The number of aryl methyl sites for hydroxylation is 2. The molecule has 1 unspecified atom stereocenters. The first-order chi connectivity index (χ1) is 7.61. The van der Waals surface area contributed by atoms with E-state index in [0.717, 1.165) is 21.7 Å². The zero-order valence-electron chi connectivity index (χ0n) is 9.69. The van der Waals surface area contributed by atoms with Crippen LogP contribution in [0.25, 0.3) is 0 Å². The minimum Gasteiger partial charge on any atom is -0.383 e. The van der Waals surface area contributed by atoms with Gasteiger partial charge < -0.3 is 5.11 Å². The lowest BCUT2D eigenvalue weighted by atomic mass is 9.98. The summed E-state index contributed by atoms with van der Waals surface area (Å²) < 4.78 is 0. The van der Waals surface area contributed by atoms with E-state index in [1.54, 1.807) is 5.51 Å². The maximum atomic E-state index is 10.3. The Balaban J connectivity index is 2.46. The molecule has 1 atom stereocenters. The molecule has 0 aliphatic carbocycles. The van der Waals surface area contributed by atoms with E-state index in [9.17, 15) is 5.11 Å². The average molecular weight is 233 g/mol. The molecule has 84 valence electrons. The standard InChI is InChI=1S/C13H15NOS/c1-8-5-4-6-11(9(8)2)12(15)13-10(3)14-7-16-13/h4-7,12,15H,1-3H3. The average Bonchev–Trinajstić information content (AvgIpc) is 2.68. The molecule has 0 aliphatic heterocycles. The molecule has 0 saturated carbocycles. The highest BCUT2D eigenvalue weighted by Crippen LogP contribution is 2.30. The van der Waals surface area contributed by atoms with E-state index >= 15 is 0 Å². The second kappa shape index (κ2) is 4.36. The lowest BCUT2D eigenvalue weighted by Crippen LogP contribution is -2.02. The van der Waals surface area contributed by atoms with E-state index in [1.807, 2.05) is 26.0 Å². The molecule has 2 rings (SSSR count). The van der Waals surface area contributed by atoms with Crippen LogP contribution in [-0.2, 0) is 0 Å². The molecule has 0 radical (unpaired) electrons. The summed E-state index contributed by atoms with van der Waals surface area (Å²) in [6.45, 7) is 6.04. The Morgan fingerprint density at radius 1 is 1.25 bits per heavy atom. The highest BCUT2D eigenvalue weighted by molar-refractivity contribution is 7.09. The molecule has 0 saturated heterocycles. The largest absolute Gasteiger partial charge is 0.383 e. The number of aliphatic hydroxyl groups is 1. The smallest absolute Gasteiger partial charge is 0.115 e. The summed E-state index contributed by atoms with van der Waals surface area (Å²) in [6.07, 6.45) is -0.549. The highest BCUT2D eigenvalue weighted by Gasteiger charge is 2.17. The quantitative estimate of drug-likeness (QED) is 0.864. The van der Waals surface area contributed by atoms with E-state index in [-0.39, 0.29) is 0 Å². The van der Waals surface area contributed by atoms with Gasteiger partial charge in [-0.25, -0.2) is 4.98 Å². The molecule has 0 bridgehead atoms. The van der Waals surface area contributed by atoms with E-state index in [1.165, 1.54) is 16.9 Å². The summed E-state index contributed by atoms with van der Waals surface area (Å²) >= 11 is 1.51. The molecule has 2 aromatic rings. The lowest BCUT2D eigenvalue weighted by molar-refractivity contribution is 0.222. The van der Waals surface area contributed by atoms with Crippen molar-refractivity contribution < 1.29 is 5.11 Å². The van der Waals surface area contributed by atoms with Crippen LogP contribution in [0.1, 0.15) is 33.4 Å². The fraction of sp³-hybridized carbons (Fsp3) is 0.308. The number of nitrogens with zero attached hydrogens (tertiary/aromatic N) is 1. The van der Waals surface area contributed by atoms with Gasteiger partial charge in [-0.1, -0.05) is 18.2 Å². The van der Waals surface area contributed by atoms with Gasteiger partial charge in [0.25, 0.3) is 0 Å². The van der Waals surface area contributed by atoms with Crippen molar-refractivity contribution in [2.75, 3.05) is 0 Å². The Morgan fingerprint density at radius 2 is 2.00 bits per heavy atom. The topological polar surface area (TPSA) is 33.1 Å². The first-order valence-corrected chi connectivity index (χ1v) is 6.13. The van der Waals surface area contributed by atoms with Crippen molar-refractivity contribution in [3.05, 3.63) is 51.0 Å². The minimum atomic E-state index is -0.549. The van der Waals surface area contributed by atoms with Crippen LogP contribution in [0.4, 0.5) is 0 Å². The molecule has 3 heteroatoms. The summed E-state index contributed by atoms with van der Waals surface area (Å²) in [5.41, 5.74) is 6.03. The van der Waals surface area contributed by atoms with Gasteiger partial charge in [0.15, 0.2) is 0 Å². The molecule has 0 amide bonds. The number of aromatic nitrogens is 1. The second-order valence-corrected chi connectivity index (χ2v) is 4.88. The van der Waals surface area contributed by atoms with Crippen molar-refractivity contribution in [2.45, 2.75) is 26.9 Å². The van der Waals surface area contributed by atoms with Gasteiger partial charge >= 0.3 is 0 Å². The van der Waals surface area contributed by atoms with Crippen LogP contribution in [0.5, 0.6) is 0 Å². The van der Waals surface area contributed by atoms with Gasteiger partial charge in [-0.15, -0.1) is 11.3 Å². The summed E-state index contributed by atoms with van der Waals surface area (Å²) in [6, 6.07) is 6.02. The van der Waals surface area contributed by atoms with Crippen LogP contribution < -0.4 is 0 Å². The molecule has 1 heterocycles. The Labute approximate surface area is 99.6 Å². The molecule has 1 N–H and O–H groups in total. The third-order valence-corrected chi connectivity index (χ3v) is 3.96. The maximum Gasteiger partial charge on any atom is 0.115 e. The van der Waals surface area contributed by atoms with Crippen molar-refractivity contribution in [3.63, 3.8) is 0 Å². The molecule has 0 spiro atoms. The van der Waals surface area contributed by atoms with Crippen molar-refractivity contribution >= 4 is 11.3 Å². The monoisotopic (exact) mass is 233 g/mol. The Hall–Kier alpha value is -1.19. The zero-order valence-corrected chi connectivity index (χ0v) is 10.5. The van der Waals surface area contributed by atoms with Crippen LogP contribution in [0, 0.1) is 20.8 Å². The van der Waals surface area contributed by atoms with Crippen LogP contribution >= 0.6 is 11.3 Å². The maximum absolute atomic E-state index is 10.3. The van der Waals surface area contributed by atoms with Crippen LogP contribution in [0.15, 0.2) is 23.7 Å². The third kappa shape index (κ3) is 1.88. The third-order valence-electron chi connectivity index (χ3n) is 2.97. The minimum absolute atomic E-state index is 0.549. The summed E-state index contributed by atoms with van der Waals surface area (Å²) in [5.74, 6) is 0. The Morgan fingerprint density at radius 3 is 2.62 bits per heavy atom. The van der Waals surface area contributed by atoms with E-state index < -0.39 is 6.10 Å². The summed E-state index contributed by atoms with van der Waals surface area (Å²) in [5, 5.41) is 10.3.